The minimum absolute atomic E-state index is 0.0487. The Labute approximate surface area is 106 Å². The Kier molecular flexibility index (Phi) is 3.78. The Morgan fingerprint density at radius 2 is 1.94 bits per heavy atom. The van der Waals surface area contributed by atoms with Crippen LogP contribution in [0.4, 0.5) is 0 Å². The lowest BCUT2D eigenvalue weighted by atomic mass is 10.2. The van der Waals surface area contributed by atoms with Crippen LogP contribution in [0.3, 0.4) is 0 Å². The van der Waals surface area contributed by atoms with E-state index >= 15 is 0 Å². The van der Waals surface area contributed by atoms with Gasteiger partial charge in [-0.25, -0.2) is 13.1 Å². The zero-order valence-corrected chi connectivity index (χ0v) is 10.5. The number of hydrogen-bond acceptors (Lipinski definition) is 4. The van der Waals surface area contributed by atoms with Gasteiger partial charge in [-0.3, -0.25) is 0 Å². The monoisotopic (exact) mass is 266 g/mol. The number of aliphatic hydroxyl groups is 1. The molecule has 1 aromatic heterocycles. The first-order chi connectivity index (χ1) is 8.61. The topological polar surface area (TPSA) is 72.2 Å². The fourth-order valence-corrected chi connectivity index (χ4v) is 2.75. The lowest BCUT2D eigenvalue weighted by Crippen LogP contribution is -2.12. The van der Waals surface area contributed by atoms with Crippen LogP contribution in [-0.2, 0) is 15.6 Å². The van der Waals surface area contributed by atoms with Gasteiger partial charge in [-0.15, -0.1) is 0 Å². The van der Waals surface area contributed by atoms with Gasteiger partial charge in [0.25, 0.3) is 0 Å². The molecule has 0 saturated carbocycles. The second-order valence-corrected chi connectivity index (χ2v) is 6.12. The molecule has 18 heavy (non-hydrogen) atoms. The van der Waals surface area contributed by atoms with Crippen molar-refractivity contribution in [2.45, 2.75) is 5.75 Å². The molecule has 96 valence electrons. The van der Waals surface area contributed by atoms with Crippen LogP contribution in [0.1, 0.15) is 5.56 Å². The summed E-state index contributed by atoms with van der Waals surface area (Å²) < 4.78 is 24.8. The third kappa shape index (κ3) is 3.18. The minimum Gasteiger partial charge on any atom is -0.395 e. The predicted octanol–water partition coefficient (Wildman–Crippen LogP) is 0.779. The van der Waals surface area contributed by atoms with Gasteiger partial charge in [0.15, 0.2) is 9.84 Å². The van der Waals surface area contributed by atoms with Crippen molar-refractivity contribution < 1.29 is 13.5 Å². The highest BCUT2D eigenvalue weighted by molar-refractivity contribution is 7.90. The van der Waals surface area contributed by atoms with Crippen LogP contribution in [0, 0.1) is 0 Å². The van der Waals surface area contributed by atoms with Crippen LogP contribution in [0.25, 0.3) is 5.69 Å². The number of aromatic nitrogens is 2. The molecule has 2 rings (SSSR count). The smallest absolute Gasteiger partial charge is 0.156 e. The fraction of sp³-hybridized carbons (Fsp3) is 0.250. The van der Waals surface area contributed by atoms with E-state index in [1.807, 2.05) is 24.4 Å². The summed E-state index contributed by atoms with van der Waals surface area (Å²) >= 11 is 0. The van der Waals surface area contributed by atoms with Crippen molar-refractivity contribution in [1.29, 1.82) is 0 Å². The molecule has 0 aliphatic heterocycles. The molecule has 0 atom stereocenters. The maximum Gasteiger partial charge on any atom is 0.156 e. The number of nitrogens with zero attached hydrogens (tertiary/aromatic N) is 2. The number of benzene rings is 1. The van der Waals surface area contributed by atoms with E-state index in [1.165, 1.54) is 0 Å². The summed E-state index contributed by atoms with van der Waals surface area (Å²) in [5.41, 5.74) is 1.59. The molecule has 1 aromatic carbocycles. The van der Waals surface area contributed by atoms with Crippen LogP contribution < -0.4 is 0 Å². The summed E-state index contributed by atoms with van der Waals surface area (Å²) in [6.45, 7) is -0.340. The molecule has 0 saturated heterocycles. The molecule has 1 N–H and O–H groups in total. The lowest BCUT2D eigenvalue weighted by Gasteiger charge is -2.05. The maximum absolute atomic E-state index is 11.5. The van der Waals surface area contributed by atoms with E-state index in [0.29, 0.717) is 5.56 Å². The first-order valence-corrected chi connectivity index (χ1v) is 7.33. The highest BCUT2D eigenvalue weighted by atomic mass is 32.2. The Balaban J connectivity index is 2.14. The van der Waals surface area contributed by atoms with Crippen molar-refractivity contribution >= 4 is 9.84 Å². The SMILES string of the molecule is O=S(=O)(CCO)Cc1ccc(-n2cccn2)cc1. The van der Waals surface area contributed by atoms with Gasteiger partial charge in [-0.1, -0.05) is 12.1 Å². The average Bonchev–Trinajstić information content (AvgIpc) is 2.82. The summed E-state index contributed by atoms with van der Waals surface area (Å²) in [5, 5.41) is 12.7. The summed E-state index contributed by atoms with van der Waals surface area (Å²) in [6.07, 6.45) is 3.50. The standard InChI is InChI=1S/C12H14N2O3S/c15-8-9-18(16,17)10-11-2-4-12(5-3-11)14-7-1-6-13-14/h1-7,15H,8-10H2. The Morgan fingerprint density at radius 3 is 2.50 bits per heavy atom. The number of aliphatic hydroxyl groups excluding tert-OH is 1. The molecule has 5 nitrogen and oxygen atoms in total. The average molecular weight is 266 g/mol. The van der Waals surface area contributed by atoms with Crippen LogP contribution in [0.2, 0.25) is 0 Å². The molecule has 0 spiro atoms. The van der Waals surface area contributed by atoms with Gasteiger partial charge < -0.3 is 5.11 Å². The zero-order chi connectivity index (χ0) is 13.0. The Morgan fingerprint density at radius 1 is 1.22 bits per heavy atom. The highest BCUT2D eigenvalue weighted by Crippen LogP contribution is 2.11. The maximum atomic E-state index is 11.5. The molecule has 6 heteroatoms. The van der Waals surface area contributed by atoms with Crippen LogP contribution in [0.5, 0.6) is 0 Å². The van der Waals surface area contributed by atoms with E-state index in [4.69, 9.17) is 5.11 Å². The minimum atomic E-state index is -3.22. The normalized spacial score (nSPS) is 11.6. The van der Waals surface area contributed by atoms with E-state index in [-0.39, 0.29) is 18.1 Å². The predicted molar refractivity (Wildman–Crippen MR) is 68.1 cm³/mol. The lowest BCUT2D eigenvalue weighted by molar-refractivity contribution is 0.319. The molecule has 2 aromatic rings. The fourth-order valence-electron chi connectivity index (χ4n) is 1.63. The van der Waals surface area contributed by atoms with Gasteiger partial charge in [0.1, 0.15) is 0 Å². The third-order valence-electron chi connectivity index (χ3n) is 2.49. The van der Waals surface area contributed by atoms with E-state index in [9.17, 15) is 8.42 Å². The van der Waals surface area contributed by atoms with E-state index in [2.05, 4.69) is 5.10 Å². The van der Waals surface area contributed by atoms with Gasteiger partial charge in [0, 0.05) is 12.4 Å². The van der Waals surface area contributed by atoms with Gasteiger partial charge in [-0.2, -0.15) is 5.10 Å². The molecule has 1 heterocycles. The molecule has 0 aliphatic carbocycles. The van der Waals surface area contributed by atoms with E-state index in [1.54, 1.807) is 23.0 Å². The number of rotatable bonds is 5. The number of sulfone groups is 1. The molecule has 0 bridgehead atoms. The Hall–Kier alpha value is -1.66. The van der Waals surface area contributed by atoms with Crippen molar-refractivity contribution in [2.24, 2.45) is 0 Å². The summed E-state index contributed by atoms with van der Waals surface area (Å²) in [7, 11) is -3.22. The zero-order valence-electron chi connectivity index (χ0n) is 9.73. The molecule has 0 fully saturated rings. The van der Waals surface area contributed by atoms with Crippen molar-refractivity contribution in [2.75, 3.05) is 12.4 Å². The molecular formula is C12H14N2O3S. The van der Waals surface area contributed by atoms with Crippen LogP contribution in [-0.4, -0.2) is 35.7 Å². The van der Waals surface area contributed by atoms with Crippen LogP contribution in [0.15, 0.2) is 42.7 Å². The van der Waals surface area contributed by atoms with Gasteiger partial charge >= 0.3 is 0 Å². The Bertz CT molecular complexity index is 589. The van der Waals surface area contributed by atoms with Gasteiger partial charge in [0.05, 0.1) is 23.8 Å². The van der Waals surface area contributed by atoms with Crippen molar-refractivity contribution in [3.8, 4) is 5.69 Å². The summed E-state index contributed by atoms with van der Waals surface area (Å²) in [6, 6.07) is 8.96. The molecular weight excluding hydrogens is 252 g/mol. The van der Waals surface area contributed by atoms with Crippen LogP contribution >= 0.6 is 0 Å². The van der Waals surface area contributed by atoms with Crippen molar-refractivity contribution in [3.05, 3.63) is 48.3 Å². The van der Waals surface area contributed by atoms with Crippen molar-refractivity contribution in [3.63, 3.8) is 0 Å². The summed E-state index contributed by atoms with van der Waals surface area (Å²) in [4.78, 5) is 0. The second kappa shape index (κ2) is 5.32. The molecule has 0 amide bonds. The molecule has 0 radical (unpaired) electrons. The van der Waals surface area contributed by atoms with E-state index in [0.717, 1.165) is 5.69 Å². The quantitative estimate of drug-likeness (QED) is 0.868. The largest absolute Gasteiger partial charge is 0.395 e. The van der Waals surface area contributed by atoms with E-state index < -0.39 is 9.84 Å². The third-order valence-corrected chi connectivity index (χ3v) is 4.07. The first-order valence-electron chi connectivity index (χ1n) is 5.51. The summed E-state index contributed by atoms with van der Waals surface area (Å²) in [5.74, 6) is -0.249. The number of hydrogen-bond donors (Lipinski definition) is 1. The first kappa shape index (κ1) is 12.8. The highest BCUT2D eigenvalue weighted by Gasteiger charge is 2.11. The molecule has 0 aliphatic rings. The second-order valence-electron chi connectivity index (χ2n) is 3.93. The van der Waals surface area contributed by atoms with Crippen molar-refractivity contribution in [1.82, 2.24) is 9.78 Å². The van der Waals surface area contributed by atoms with Gasteiger partial charge in [-0.05, 0) is 23.8 Å². The molecule has 0 unspecified atom stereocenters. The van der Waals surface area contributed by atoms with Gasteiger partial charge in [0.2, 0.25) is 0 Å².